The lowest BCUT2D eigenvalue weighted by Crippen LogP contribution is -2.52. The molecular formula is C19H31N3O3. The smallest absolute Gasteiger partial charge is 0.410 e. The van der Waals surface area contributed by atoms with E-state index in [0.29, 0.717) is 18.1 Å². The van der Waals surface area contributed by atoms with Gasteiger partial charge in [-0.15, -0.1) is 0 Å². The molecule has 2 fully saturated rings. The fourth-order valence-electron chi connectivity index (χ4n) is 4.22. The lowest BCUT2D eigenvalue weighted by Gasteiger charge is -2.39. The number of ether oxygens (including phenoxy) is 1. The molecule has 1 aromatic rings. The molecule has 2 aliphatic heterocycles. The van der Waals surface area contributed by atoms with Crippen LogP contribution in [0.2, 0.25) is 0 Å². The minimum Gasteiger partial charge on any atom is -0.444 e. The number of carbonyl (C=O) groups excluding carboxylic acids is 1. The molecule has 6 heteroatoms. The summed E-state index contributed by atoms with van der Waals surface area (Å²) in [5.74, 6) is 0.916. The van der Waals surface area contributed by atoms with E-state index >= 15 is 0 Å². The second-order valence-corrected chi connectivity index (χ2v) is 8.45. The van der Waals surface area contributed by atoms with Gasteiger partial charge in [0.15, 0.2) is 0 Å². The zero-order chi connectivity index (χ0) is 18.2. The van der Waals surface area contributed by atoms with Gasteiger partial charge in [0.1, 0.15) is 11.4 Å². The van der Waals surface area contributed by atoms with Crippen molar-refractivity contribution >= 4 is 6.09 Å². The summed E-state index contributed by atoms with van der Waals surface area (Å²) in [6.45, 7) is 10.7. The van der Waals surface area contributed by atoms with Crippen molar-refractivity contribution < 1.29 is 14.1 Å². The van der Waals surface area contributed by atoms with E-state index in [1.807, 2.05) is 39.5 Å². The van der Waals surface area contributed by atoms with E-state index in [1.165, 1.54) is 5.56 Å². The van der Waals surface area contributed by atoms with Crippen molar-refractivity contribution in [1.82, 2.24) is 15.4 Å². The molecule has 3 rings (SSSR count). The highest BCUT2D eigenvalue weighted by molar-refractivity contribution is 5.69. The third-order valence-corrected chi connectivity index (χ3v) is 5.33. The minimum absolute atomic E-state index is 0.144. The van der Waals surface area contributed by atoms with Gasteiger partial charge in [-0.2, -0.15) is 0 Å². The van der Waals surface area contributed by atoms with Crippen molar-refractivity contribution in [3.8, 4) is 0 Å². The van der Waals surface area contributed by atoms with Gasteiger partial charge in [0.2, 0.25) is 0 Å². The molecule has 0 radical (unpaired) electrons. The van der Waals surface area contributed by atoms with Crippen LogP contribution < -0.4 is 5.32 Å². The van der Waals surface area contributed by atoms with Crippen LogP contribution in [0.5, 0.6) is 0 Å². The van der Waals surface area contributed by atoms with E-state index in [1.54, 1.807) is 0 Å². The Morgan fingerprint density at radius 2 is 1.92 bits per heavy atom. The predicted octanol–water partition coefficient (Wildman–Crippen LogP) is 3.35. The van der Waals surface area contributed by atoms with Crippen LogP contribution in [0.25, 0.3) is 0 Å². The largest absolute Gasteiger partial charge is 0.444 e. The number of piperidine rings is 1. The second-order valence-electron chi connectivity index (χ2n) is 8.45. The lowest BCUT2D eigenvalue weighted by molar-refractivity contribution is 0.00477. The summed E-state index contributed by atoms with van der Waals surface area (Å²) >= 11 is 0. The Bertz CT molecular complexity index is 586. The average Bonchev–Trinajstić information content (AvgIpc) is 2.96. The van der Waals surface area contributed by atoms with Crippen LogP contribution in [0.4, 0.5) is 4.79 Å². The molecule has 2 unspecified atom stereocenters. The van der Waals surface area contributed by atoms with Crippen molar-refractivity contribution in [2.75, 3.05) is 6.54 Å². The van der Waals surface area contributed by atoms with Gasteiger partial charge in [-0.05, 0) is 73.3 Å². The Morgan fingerprint density at radius 3 is 2.44 bits per heavy atom. The van der Waals surface area contributed by atoms with Gasteiger partial charge in [-0.25, -0.2) is 4.79 Å². The van der Waals surface area contributed by atoms with E-state index in [4.69, 9.17) is 9.26 Å². The molecule has 1 amide bonds. The van der Waals surface area contributed by atoms with Crippen LogP contribution in [0.1, 0.15) is 63.5 Å². The summed E-state index contributed by atoms with van der Waals surface area (Å²) in [5, 5.41) is 7.69. The first-order valence-corrected chi connectivity index (χ1v) is 9.41. The number of hydrogen-bond donors (Lipinski definition) is 1. The number of nitrogens with one attached hydrogen (secondary N) is 1. The molecule has 0 aliphatic carbocycles. The molecule has 140 valence electrons. The molecule has 6 nitrogen and oxygen atoms in total. The first kappa shape index (κ1) is 18.2. The number of carbonyl (C=O) groups is 1. The van der Waals surface area contributed by atoms with E-state index in [2.05, 4.69) is 10.5 Å². The third kappa shape index (κ3) is 4.17. The quantitative estimate of drug-likeness (QED) is 0.903. The van der Waals surface area contributed by atoms with Crippen molar-refractivity contribution in [1.29, 1.82) is 0 Å². The number of nitrogens with zero attached hydrogens (tertiary/aromatic N) is 2. The molecule has 25 heavy (non-hydrogen) atoms. The molecule has 2 bridgehead atoms. The van der Waals surface area contributed by atoms with Crippen LogP contribution in [-0.2, 0) is 11.2 Å². The van der Waals surface area contributed by atoms with Gasteiger partial charge in [-0.3, -0.25) is 0 Å². The zero-order valence-corrected chi connectivity index (χ0v) is 16.1. The van der Waals surface area contributed by atoms with Gasteiger partial charge >= 0.3 is 6.09 Å². The number of amides is 1. The number of rotatable bonds is 4. The zero-order valence-electron chi connectivity index (χ0n) is 16.1. The molecule has 2 atom stereocenters. The highest BCUT2D eigenvalue weighted by Gasteiger charge is 2.44. The van der Waals surface area contributed by atoms with Crippen molar-refractivity contribution in [2.45, 2.75) is 90.4 Å². The number of aromatic nitrogens is 1. The summed E-state index contributed by atoms with van der Waals surface area (Å²) in [5.41, 5.74) is 1.76. The maximum atomic E-state index is 12.5. The maximum Gasteiger partial charge on any atom is 0.410 e. The van der Waals surface area contributed by atoms with Gasteiger partial charge < -0.3 is 19.5 Å². The molecule has 1 N–H and O–H groups in total. The topological polar surface area (TPSA) is 67.6 Å². The summed E-state index contributed by atoms with van der Waals surface area (Å²) in [4.78, 5) is 14.5. The van der Waals surface area contributed by atoms with Crippen molar-refractivity contribution in [2.24, 2.45) is 0 Å². The summed E-state index contributed by atoms with van der Waals surface area (Å²) in [7, 11) is 0. The second kappa shape index (κ2) is 6.98. The number of hydrogen-bond acceptors (Lipinski definition) is 5. The average molecular weight is 349 g/mol. The molecule has 1 aromatic heterocycles. The minimum atomic E-state index is -0.431. The highest BCUT2D eigenvalue weighted by atomic mass is 16.6. The Labute approximate surface area is 150 Å². The molecule has 3 heterocycles. The van der Waals surface area contributed by atoms with Crippen LogP contribution in [0, 0.1) is 13.8 Å². The molecule has 0 spiro atoms. The van der Waals surface area contributed by atoms with E-state index < -0.39 is 5.60 Å². The van der Waals surface area contributed by atoms with E-state index in [9.17, 15) is 4.79 Å². The highest BCUT2D eigenvalue weighted by Crippen LogP contribution is 2.36. The van der Waals surface area contributed by atoms with Crippen LogP contribution in [-0.4, -0.2) is 46.4 Å². The Hall–Kier alpha value is -1.56. The fraction of sp³-hybridized carbons (Fsp3) is 0.789. The molecule has 0 saturated carbocycles. The predicted molar refractivity (Wildman–Crippen MR) is 95.6 cm³/mol. The molecule has 0 aromatic carbocycles. The fourth-order valence-corrected chi connectivity index (χ4v) is 4.22. The summed E-state index contributed by atoms with van der Waals surface area (Å²) in [6.07, 6.45) is 4.99. The molecule has 2 saturated heterocycles. The molecule has 2 aliphatic rings. The van der Waals surface area contributed by atoms with Gasteiger partial charge in [0.25, 0.3) is 0 Å². The van der Waals surface area contributed by atoms with Gasteiger partial charge in [-0.1, -0.05) is 5.16 Å². The van der Waals surface area contributed by atoms with Crippen LogP contribution in [0.3, 0.4) is 0 Å². The summed E-state index contributed by atoms with van der Waals surface area (Å²) in [6, 6.07) is 1.09. The lowest BCUT2D eigenvalue weighted by atomic mass is 9.97. The Morgan fingerprint density at radius 1 is 1.28 bits per heavy atom. The van der Waals surface area contributed by atoms with Crippen LogP contribution >= 0.6 is 0 Å². The summed E-state index contributed by atoms with van der Waals surface area (Å²) < 4.78 is 10.8. The number of fused-ring (bicyclic) bond motifs is 2. The first-order chi connectivity index (χ1) is 11.7. The number of aryl methyl sites for hydroxylation is 2. The standard InChI is InChI=1S/C19H31N3O3/c1-12-17(13(2)25-21-12)8-9-20-14-10-15-6-7-16(11-14)22(15)18(23)24-19(3,4)5/h14-16,20H,6-11H2,1-5H3. The Kier molecular flexibility index (Phi) is 5.09. The van der Waals surface area contributed by atoms with Gasteiger partial charge in [0, 0.05) is 23.7 Å². The van der Waals surface area contributed by atoms with Crippen molar-refractivity contribution in [3.63, 3.8) is 0 Å². The van der Waals surface area contributed by atoms with Crippen molar-refractivity contribution in [3.05, 3.63) is 17.0 Å². The van der Waals surface area contributed by atoms with Crippen LogP contribution in [0.15, 0.2) is 4.52 Å². The Balaban J connectivity index is 1.51. The van der Waals surface area contributed by atoms with E-state index in [0.717, 1.165) is 50.1 Å². The SMILES string of the molecule is Cc1noc(C)c1CCNC1CC2CCC(C1)N2C(=O)OC(C)(C)C. The normalized spacial score (nSPS) is 26.1. The van der Waals surface area contributed by atoms with E-state index in [-0.39, 0.29) is 6.09 Å². The maximum absolute atomic E-state index is 12.5. The molecular weight excluding hydrogens is 318 g/mol. The van der Waals surface area contributed by atoms with Gasteiger partial charge in [0.05, 0.1) is 5.69 Å². The monoisotopic (exact) mass is 349 g/mol. The third-order valence-electron chi connectivity index (χ3n) is 5.33. The first-order valence-electron chi connectivity index (χ1n) is 9.41.